The lowest BCUT2D eigenvalue weighted by molar-refractivity contribution is -0.122. The molecule has 0 aromatic heterocycles. The molecule has 1 unspecified atom stereocenters. The topological polar surface area (TPSA) is 61.4 Å². The number of aliphatic hydroxyl groups is 1. The number of hydrogen-bond acceptors (Lipinski definition) is 3. The van der Waals surface area contributed by atoms with Crippen molar-refractivity contribution in [2.24, 2.45) is 11.3 Å². The summed E-state index contributed by atoms with van der Waals surface area (Å²) in [7, 11) is 0. The number of nitrogens with one attached hydrogen (secondary N) is 2. The molecule has 1 rings (SSSR count). The summed E-state index contributed by atoms with van der Waals surface area (Å²) < 4.78 is 0. The normalized spacial score (nSPS) is 19.6. The summed E-state index contributed by atoms with van der Waals surface area (Å²) in [6.45, 7) is 7.90. The predicted molar refractivity (Wildman–Crippen MR) is 77.9 cm³/mol. The molecule has 4 nitrogen and oxygen atoms in total. The molecule has 1 aliphatic carbocycles. The first-order valence-corrected chi connectivity index (χ1v) is 7.61. The van der Waals surface area contributed by atoms with Crippen LogP contribution >= 0.6 is 0 Å². The lowest BCUT2D eigenvalue weighted by atomic mass is 9.87. The Kier molecular flexibility index (Phi) is 6.80. The van der Waals surface area contributed by atoms with Crippen molar-refractivity contribution in [1.82, 2.24) is 10.6 Å². The van der Waals surface area contributed by atoms with Crippen molar-refractivity contribution in [3.63, 3.8) is 0 Å². The van der Waals surface area contributed by atoms with Crippen LogP contribution in [0.3, 0.4) is 0 Å². The van der Waals surface area contributed by atoms with Crippen molar-refractivity contribution in [2.45, 2.75) is 58.9 Å². The van der Waals surface area contributed by atoms with Crippen molar-refractivity contribution < 1.29 is 9.90 Å². The highest BCUT2D eigenvalue weighted by Gasteiger charge is 2.33. The largest absolute Gasteiger partial charge is 0.396 e. The first-order valence-electron chi connectivity index (χ1n) is 7.61. The predicted octanol–water partition coefficient (Wildman–Crippen LogP) is 1.68. The molecule has 1 aliphatic rings. The fraction of sp³-hybridized carbons (Fsp3) is 0.933. The second kappa shape index (κ2) is 7.85. The number of aliphatic hydroxyl groups excluding tert-OH is 1. The second-order valence-corrected chi connectivity index (χ2v) is 6.44. The monoisotopic (exact) mass is 270 g/mol. The van der Waals surface area contributed by atoms with Crippen molar-refractivity contribution in [3.05, 3.63) is 0 Å². The molecule has 1 saturated carbocycles. The van der Waals surface area contributed by atoms with Gasteiger partial charge in [0.1, 0.15) is 0 Å². The molecule has 0 aromatic carbocycles. The molecule has 4 heteroatoms. The Morgan fingerprint density at radius 3 is 2.42 bits per heavy atom. The fourth-order valence-corrected chi connectivity index (χ4v) is 2.62. The molecular weight excluding hydrogens is 240 g/mol. The van der Waals surface area contributed by atoms with E-state index in [0.717, 1.165) is 32.4 Å². The highest BCUT2D eigenvalue weighted by atomic mass is 16.3. The lowest BCUT2D eigenvalue weighted by Crippen LogP contribution is -2.47. The molecule has 0 radical (unpaired) electrons. The molecule has 0 saturated heterocycles. The van der Waals surface area contributed by atoms with E-state index in [1.165, 1.54) is 12.8 Å². The van der Waals surface area contributed by atoms with Crippen LogP contribution in [0.1, 0.15) is 52.9 Å². The van der Waals surface area contributed by atoms with Gasteiger partial charge in [0.2, 0.25) is 5.91 Å². The molecule has 19 heavy (non-hydrogen) atoms. The van der Waals surface area contributed by atoms with E-state index < -0.39 is 0 Å². The third-order valence-corrected chi connectivity index (χ3v) is 4.20. The molecule has 112 valence electrons. The highest BCUT2D eigenvalue weighted by Crippen LogP contribution is 2.36. The molecule has 0 heterocycles. The minimum absolute atomic E-state index is 0.00642. The number of amides is 1. The average Bonchev–Trinajstić information content (AvgIpc) is 2.84. The van der Waals surface area contributed by atoms with E-state index in [-0.39, 0.29) is 24.0 Å². The first kappa shape index (κ1) is 16.4. The summed E-state index contributed by atoms with van der Waals surface area (Å²) in [6.07, 6.45) is 5.53. The lowest BCUT2D eigenvalue weighted by Gasteiger charge is -2.28. The molecule has 0 bridgehead atoms. The fourth-order valence-electron chi connectivity index (χ4n) is 2.62. The summed E-state index contributed by atoms with van der Waals surface area (Å²) in [5.41, 5.74) is 0.00642. The third kappa shape index (κ3) is 5.49. The third-order valence-electron chi connectivity index (χ3n) is 4.20. The van der Waals surface area contributed by atoms with E-state index in [1.807, 2.05) is 6.92 Å². The van der Waals surface area contributed by atoms with Gasteiger partial charge in [-0.05, 0) is 32.1 Å². The standard InChI is InChI=1S/C15H30N2O2/c1-12(2)6-9-16-14(19)13(3)17-10-15(11-18)7-4-5-8-15/h12-13,17-18H,4-11H2,1-3H3,(H,16,19). The zero-order chi connectivity index (χ0) is 14.3. The van der Waals surface area contributed by atoms with Crippen molar-refractivity contribution >= 4 is 5.91 Å². The maximum Gasteiger partial charge on any atom is 0.236 e. The quantitative estimate of drug-likeness (QED) is 0.629. The Labute approximate surface area is 117 Å². The maximum atomic E-state index is 11.9. The van der Waals surface area contributed by atoms with Crippen LogP contribution < -0.4 is 10.6 Å². The van der Waals surface area contributed by atoms with Crippen LogP contribution in [0.5, 0.6) is 0 Å². The highest BCUT2D eigenvalue weighted by molar-refractivity contribution is 5.81. The van der Waals surface area contributed by atoms with E-state index in [0.29, 0.717) is 5.92 Å². The Morgan fingerprint density at radius 2 is 1.89 bits per heavy atom. The van der Waals surface area contributed by atoms with Gasteiger partial charge in [0.05, 0.1) is 6.04 Å². The molecule has 3 N–H and O–H groups in total. The Balaban J connectivity index is 2.25. The molecule has 1 atom stereocenters. The van der Waals surface area contributed by atoms with Crippen LogP contribution in [0.2, 0.25) is 0 Å². The summed E-state index contributed by atoms with van der Waals surface area (Å²) in [5.74, 6) is 0.673. The van der Waals surface area contributed by atoms with Crippen LogP contribution in [-0.4, -0.2) is 36.8 Å². The molecule has 1 amide bonds. The van der Waals surface area contributed by atoms with Crippen LogP contribution in [-0.2, 0) is 4.79 Å². The summed E-state index contributed by atoms with van der Waals surface area (Å²) in [5, 5.41) is 15.8. The molecule has 1 fully saturated rings. The summed E-state index contributed by atoms with van der Waals surface area (Å²) in [4.78, 5) is 11.9. The Hall–Kier alpha value is -0.610. The van der Waals surface area contributed by atoms with Crippen molar-refractivity contribution in [1.29, 1.82) is 0 Å². The van der Waals surface area contributed by atoms with E-state index in [1.54, 1.807) is 0 Å². The Bertz CT molecular complexity index is 273. The van der Waals surface area contributed by atoms with Crippen LogP contribution in [0, 0.1) is 11.3 Å². The van der Waals surface area contributed by atoms with Gasteiger partial charge in [0, 0.05) is 25.1 Å². The first-order chi connectivity index (χ1) is 8.99. The van der Waals surface area contributed by atoms with Gasteiger partial charge in [-0.2, -0.15) is 0 Å². The van der Waals surface area contributed by atoms with E-state index in [2.05, 4.69) is 24.5 Å². The van der Waals surface area contributed by atoms with Gasteiger partial charge in [0.15, 0.2) is 0 Å². The number of carbonyl (C=O) groups is 1. The van der Waals surface area contributed by atoms with E-state index in [9.17, 15) is 9.90 Å². The number of carbonyl (C=O) groups excluding carboxylic acids is 1. The van der Waals surface area contributed by atoms with Crippen molar-refractivity contribution in [2.75, 3.05) is 19.7 Å². The van der Waals surface area contributed by atoms with Gasteiger partial charge in [-0.25, -0.2) is 0 Å². The zero-order valence-electron chi connectivity index (χ0n) is 12.7. The van der Waals surface area contributed by atoms with Crippen LogP contribution in [0.4, 0.5) is 0 Å². The van der Waals surface area contributed by atoms with Crippen LogP contribution in [0.25, 0.3) is 0 Å². The number of hydrogen-bond donors (Lipinski definition) is 3. The van der Waals surface area contributed by atoms with Gasteiger partial charge in [-0.1, -0.05) is 26.7 Å². The Morgan fingerprint density at radius 1 is 1.26 bits per heavy atom. The van der Waals surface area contributed by atoms with Gasteiger partial charge in [-0.15, -0.1) is 0 Å². The van der Waals surface area contributed by atoms with Crippen molar-refractivity contribution in [3.8, 4) is 0 Å². The molecule has 0 aromatic rings. The molecule has 0 aliphatic heterocycles. The second-order valence-electron chi connectivity index (χ2n) is 6.44. The molecular formula is C15H30N2O2. The average molecular weight is 270 g/mol. The molecule has 0 spiro atoms. The van der Waals surface area contributed by atoms with Gasteiger partial charge < -0.3 is 15.7 Å². The van der Waals surface area contributed by atoms with E-state index in [4.69, 9.17) is 0 Å². The summed E-state index contributed by atoms with van der Waals surface area (Å²) >= 11 is 0. The smallest absolute Gasteiger partial charge is 0.236 e. The van der Waals surface area contributed by atoms with Gasteiger partial charge in [-0.3, -0.25) is 4.79 Å². The minimum atomic E-state index is -0.184. The maximum absolute atomic E-state index is 11.9. The van der Waals surface area contributed by atoms with Gasteiger partial charge >= 0.3 is 0 Å². The summed E-state index contributed by atoms with van der Waals surface area (Å²) in [6, 6.07) is -0.184. The number of rotatable bonds is 8. The minimum Gasteiger partial charge on any atom is -0.396 e. The SMILES string of the molecule is CC(C)CCNC(=O)C(C)NCC1(CO)CCCC1. The van der Waals surface area contributed by atoms with E-state index >= 15 is 0 Å². The zero-order valence-corrected chi connectivity index (χ0v) is 12.7. The van der Waals surface area contributed by atoms with Crippen LogP contribution in [0.15, 0.2) is 0 Å². The van der Waals surface area contributed by atoms with Gasteiger partial charge in [0.25, 0.3) is 0 Å².